The normalized spacial score (nSPS) is 14.0. The highest BCUT2D eigenvalue weighted by Crippen LogP contribution is 2.32. The highest BCUT2D eigenvalue weighted by Gasteiger charge is 2.36. The van der Waals surface area contributed by atoms with Crippen molar-refractivity contribution in [1.82, 2.24) is 0 Å². The quantitative estimate of drug-likeness (QED) is 0.474. The number of anilines is 1. The van der Waals surface area contributed by atoms with Gasteiger partial charge in [-0.2, -0.15) is 0 Å². The largest absolute Gasteiger partial charge is 0.297 e. The molecule has 0 saturated heterocycles. The lowest BCUT2D eigenvalue weighted by atomic mass is 9.96. The zero-order valence-electron chi connectivity index (χ0n) is 11.7. The number of nitro groups is 1. The Morgan fingerprint density at radius 3 is 2.38 bits per heavy atom. The number of carbonyl (C=O) groups is 3. The van der Waals surface area contributed by atoms with Crippen LogP contribution in [-0.4, -0.2) is 28.4 Å². The van der Waals surface area contributed by atoms with Gasteiger partial charge in [-0.05, 0) is 31.9 Å². The number of amides is 1. The third-order valence-corrected chi connectivity index (χ3v) is 3.44. The van der Waals surface area contributed by atoms with E-state index in [1.165, 1.54) is 32.0 Å². The van der Waals surface area contributed by atoms with Crippen molar-refractivity contribution in [3.05, 3.63) is 33.9 Å². The molecule has 7 nitrogen and oxygen atoms in total. The second-order valence-corrected chi connectivity index (χ2v) is 4.96. The molecule has 1 aromatic rings. The Morgan fingerprint density at radius 1 is 1.24 bits per heavy atom. The molecule has 1 amide bonds. The molecule has 0 saturated carbocycles. The van der Waals surface area contributed by atoms with Crippen molar-refractivity contribution in [2.24, 2.45) is 0 Å². The summed E-state index contributed by atoms with van der Waals surface area (Å²) in [6.07, 6.45) is 0.472. The summed E-state index contributed by atoms with van der Waals surface area (Å²) in [7, 11) is 0. The summed E-state index contributed by atoms with van der Waals surface area (Å²) in [6.45, 7) is 2.50. The number of benzene rings is 1. The summed E-state index contributed by atoms with van der Waals surface area (Å²) in [5.41, 5.74) is 0.911. The van der Waals surface area contributed by atoms with Crippen LogP contribution < -0.4 is 4.90 Å². The van der Waals surface area contributed by atoms with Gasteiger partial charge < -0.3 is 0 Å². The fourth-order valence-electron chi connectivity index (χ4n) is 2.55. The van der Waals surface area contributed by atoms with Gasteiger partial charge in [0.1, 0.15) is 0 Å². The highest BCUT2D eigenvalue weighted by atomic mass is 16.6. The molecule has 110 valence electrons. The summed E-state index contributed by atoms with van der Waals surface area (Å²) < 4.78 is 0. The average molecular weight is 290 g/mol. The van der Waals surface area contributed by atoms with E-state index >= 15 is 0 Å². The number of ketones is 2. The van der Waals surface area contributed by atoms with E-state index < -0.39 is 22.5 Å². The third-order valence-electron chi connectivity index (χ3n) is 3.44. The molecule has 1 aliphatic rings. The summed E-state index contributed by atoms with van der Waals surface area (Å²) in [6, 6.07) is 2.90. The van der Waals surface area contributed by atoms with Gasteiger partial charge in [0.05, 0.1) is 4.92 Å². The van der Waals surface area contributed by atoms with Crippen molar-refractivity contribution in [2.45, 2.75) is 32.7 Å². The molecular weight excluding hydrogens is 276 g/mol. The molecule has 0 unspecified atom stereocenters. The van der Waals surface area contributed by atoms with E-state index in [9.17, 15) is 24.5 Å². The molecule has 0 spiro atoms. The molecule has 0 atom stereocenters. The maximum absolute atomic E-state index is 12.1. The number of aryl methyl sites for hydroxylation is 1. The predicted molar refractivity (Wildman–Crippen MR) is 74.1 cm³/mol. The first kappa shape index (κ1) is 14.8. The van der Waals surface area contributed by atoms with Crippen molar-refractivity contribution < 1.29 is 19.3 Å². The topological polar surface area (TPSA) is 97.6 Å². The van der Waals surface area contributed by atoms with Gasteiger partial charge in [0, 0.05) is 24.2 Å². The Balaban J connectivity index is 2.54. The number of fused-ring (bicyclic) bond motifs is 1. The molecule has 0 N–H and O–H groups in total. The average Bonchev–Trinajstić information content (AvgIpc) is 2.40. The molecule has 0 bridgehead atoms. The first-order chi connectivity index (χ1) is 9.82. The number of hydrogen-bond donors (Lipinski definition) is 0. The molecule has 21 heavy (non-hydrogen) atoms. The van der Waals surface area contributed by atoms with Crippen LogP contribution in [0.25, 0.3) is 0 Å². The van der Waals surface area contributed by atoms with Crippen LogP contribution in [0.15, 0.2) is 18.2 Å². The number of nitro benzene ring substituents is 1. The lowest BCUT2D eigenvalue weighted by molar-refractivity contribution is -0.384. The number of hydrogen-bond acceptors (Lipinski definition) is 5. The number of rotatable bonds is 4. The van der Waals surface area contributed by atoms with Gasteiger partial charge in [-0.15, -0.1) is 0 Å². The fourth-order valence-corrected chi connectivity index (χ4v) is 2.55. The van der Waals surface area contributed by atoms with Crippen molar-refractivity contribution in [3.63, 3.8) is 0 Å². The van der Waals surface area contributed by atoms with Gasteiger partial charge in [0.2, 0.25) is 5.91 Å². The number of non-ortho nitro benzene ring substituents is 1. The lowest BCUT2D eigenvalue weighted by Gasteiger charge is -2.33. The van der Waals surface area contributed by atoms with E-state index in [0.717, 1.165) is 4.90 Å². The minimum atomic E-state index is -1.17. The van der Waals surface area contributed by atoms with Crippen molar-refractivity contribution in [1.29, 1.82) is 0 Å². The minimum Gasteiger partial charge on any atom is -0.297 e. The summed E-state index contributed by atoms with van der Waals surface area (Å²) >= 11 is 0. The molecule has 2 rings (SSSR count). The zero-order chi connectivity index (χ0) is 15.7. The first-order valence-corrected chi connectivity index (χ1v) is 6.43. The van der Waals surface area contributed by atoms with Gasteiger partial charge in [0.15, 0.2) is 17.6 Å². The highest BCUT2D eigenvalue weighted by molar-refractivity contribution is 6.14. The lowest BCUT2D eigenvalue weighted by Crippen LogP contribution is -2.50. The van der Waals surface area contributed by atoms with E-state index in [0.29, 0.717) is 17.7 Å². The minimum absolute atomic E-state index is 0.0785. The van der Waals surface area contributed by atoms with Gasteiger partial charge >= 0.3 is 0 Å². The van der Waals surface area contributed by atoms with Crippen LogP contribution >= 0.6 is 0 Å². The van der Waals surface area contributed by atoms with E-state index in [-0.39, 0.29) is 18.0 Å². The number of carbonyl (C=O) groups excluding carboxylic acids is 3. The standard InChI is InChI=1S/C14H14N2O5/c1-8(17)14(9(2)18)15-12-5-4-11(16(20)21)7-10(12)3-6-13(15)19/h4-5,7,14H,3,6H2,1-2H3. The molecule has 0 radical (unpaired) electrons. The Morgan fingerprint density at radius 2 is 1.86 bits per heavy atom. The Hall–Kier alpha value is -2.57. The second-order valence-electron chi connectivity index (χ2n) is 4.96. The van der Waals surface area contributed by atoms with E-state index in [2.05, 4.69) is 0 Å². The van der Waals surface area contributed by atoms with Crippen LogP contribution in [0.5, 0.6) is 0 Å². The third kappa shape index (κ3) is 2.67. The van der Waals surface area contributed by atoms with Crippen LogP contribution in [0.3, 0.4) is 0 Å². The van der Waals surface area contributed by atoms with Gasteiger partial charge in [0.25, 0.3) is 5.69 Å². The smallest absolute Gasteiger partial charge is 0.269 e. The predicted octanol–water partition coefficient (Wildman–Crippen LogP) is 1.42. The maximum Gasteiger partial charge on any atom is 0.269 e. The van der Waals surface area contributed by atoms with Crippen LogP contribution in [0.2, 0.25) is 0 Å². The van der Waals surface area contributed by atoms with E-state index in [1.807, 2.05) is 0 Å². The number of Topliss-reactive ketones (excluding diaryl/α,β-unsaturated/α-hetero) is 2. The molecule has 7 heteroatoms. The molecule has 0 aromatic heterocycles. The van der Waals surface area contributed by atoms with Crippen LogP contribution in [0, 0.1) is 10.1 Å². The molecule has 1 heterocycles. The molecule has 0 aliphatic carbocycles. The van der Waals surface area contributed by atoms with Crippen molar-refractivity contribution >= 4 is 28.8 Å². The van der Waals surface area contributed by atoms with E-state index in [4.69, 9.17) is 0 Å². The number of nitrogens with zero attached hydrogens (tertiary/aromatic N) is 2. The Bertz CT molecular complexity index is 639. The zero-order valence-corrected chi connectivity index (χ0v) is 11.7. The van der Waals surface area contributed by atoms with Crippen LogP contribution in [0.4, 0.5) is 11.4 Å². The molecular formula is C14H14N2O5. The van der Waals surface area contributed by atoms with Crippen LogP contribution in [0.1, 0.15) is 25.8 Å². The maximum atomic E-state index is 12.1. The van der Waals surface area contributed by atoms with Crippen molar-refractivity contribution in [2.75, 3.05) is 4.90 Å². The van der Waals surface area contributed by atoms with Crippen LogP contribution in [-0.2, 0) is 20.8 Å². The fraction of sp³-hybridized carbons (Fsp3) is 0.357. The summed E-state index contributed by atoms with van der Waals surface area (Å²) in [5.74, 6) is -1.18. The van der Waals surface area contributed by atoms with Gasteiger partial charge in [-0.25, -0.2) is 0 Å². The Kier molecular flexibility index (Phi) is 3.84. The van der Waals surface area contributed by atoms with E-state index in [1.54, 1.807) is 0 Å². The second kappa shape index (κ2) is 5.43. The van der Waals surface area contributed by atoms with Gasteiger partial charge in [-0.3, -0.25) is 29.4 Å². The summed E-state index contributed by atoms with van der Waals surface area (Å²) in [5, 5.41) is 10.8. The van der Waals surface area contributed by atoms with Crippen molar-refractivity contribution in [3.8, 4) is 0 Å². The molecule has 1 aromatic carbocycles. The SMILES string of the molecule is CC(=O)C(C(C)=O)N1C(=O)CCc2cc([N+](=O)[O-])ccc21. The molecule has 1 aliphatic heterocycles. The first-order valence-electron chi connectivity index (χ1n) is 6.43. The molecule has 0 fully saturated rings. The monoisotopic (exact) mass is 290 g/mol. The summed E-state index contributed by atoms with van der Waals surface area (Å²) in [4.78, 5) is 46.9. The van der Waals surface area contributed by atoms with Gasteiger partial charge in [-0.1, -0.05) is 0 Å². The Labute approximate surface area is 120 Å².